The summed E-state index contributed by atoms with van der Waals surface area (Å²) in [7, 11) is 0. The molecule has 0 saturated carbocycles. The number of carbonyl (C=O) groups excluding carboxylic acids is 2. The predicted molar refractivity (Wildman–Crippen MR) is 60.2 cm³/mol. The van der Waals surface area contributed by atoms with E-state index in [9.17, 15) is 14.0 Å². The number of benzene rings is 1. The van der Waals surface area contributed by atoms with Crippen LogP contribution in [0.1, 0.15) is 24.2 Å². The molecule has 3 N–H and O–H groups in total. The molecule has 0 radical (unpaired) electrons. The smallest absolute Gasteiger partial charge is 0.411 e. The summed E-state index contributed by atoms with van der Waals surface area (Å²) in [4.78, 5) is 22.1. The van der Waals surface area contributed by atoms with E-state index in [0.717, 1.165) is 0 Å². The van der Waals surface area contributed by atoms with Crippen molar-refractivity contribution in [3.63, 3.8) is 0 Å². The van der Waals surface area contributed by atoms with Crippen molar-refractivity contribution in [2.75, 3.05) is 5.32 Å². The van der Waals surface area contributed by atoms with Gasteiger partial charge in [0.25, 0.3) is 5.91 Å². The van der Waals surface area contributed by atoms with Gasteiger partial charge < -0.3 is 10.5 Å². The Labute approximate surface area is 97.7 Å². The summed E-state index contributed by atoms with van der Waals surface area (Å²) in [5, 5.41) is 2.19. The van der Waals surface area contributed by atoms with Gasteiger partial charge in [-0.1, -0.05) is 6.07 Å². The van der Waals surface area contributed by atoms with Gasteiger partial charge in [-0.05, 0) is 26.0 Å². The van der Waals surface area contributed by atoms with Gasteiger partial charge in [-0.3, -0.25) is 10.1 Å². The quantitative estimate of drug-likeness (QED) is 0.846. The van der Waals surface area contributed by atoms with E-state index in [1.165, 1.54) is 18.2 Å². The number of amides is 2. The van der Waals surface area contributed by atoms with Crippen LogP contribution in [0, 0.1) is 5.82 Å². The van der Waals surface area contributed by atoms with E-state index in [1.807, 2.05) is 0 Å². The Morgan fingerprint density at radius 2 is 2.06 bits per heavy atom. The van der Waals surface area contributed by atoms with Crippen molar-refractivity contribution in [3.8, 4) is 0 Å². The van der Waals surface area contributed by atoms with Gasteiger partial charge in [0.1, 0.15) is 0 Å². The molecule has 0 aromatic heterocycles. The summed E-state index contributed by atoms with van der Waals surface area (Å²) in [6, 6.07) is 3.95. The molecular weight excluding hydrogens is 227 g/mol. The minimum absolute atomic E-state index is 0.146. The number of rotatable bonds is 3. The van der Waals surface area contributed by atoms with Crippen LogP contribution in [0.2, 0.25) is 0 Å². The monoisotopic (exact) mass is 240 g/mol. The Kier molecular flexibility index (Phi) is 4.03. The zero-order valence-corrected chi connectivity index (χ0v) is 9.49. The molecule has 0 aliphatic heterocycles. The van der Waals surface area contributed by atoms with Crippen LogP contribution >= 0.6 is 0 Å². The summed E-state index contributed by atoms with van der Waals surface area (Å²) >= 11 is 0. The summed E-state index contributed by atoms with van der Waals surface area (Å²) in [5.41, 5.74) is 4.54. The number of ether oxygens (including phenoxy) is 1. The molecule has 17 heavy (non-hydrogen) atoms. The van der Waals surface area contributed by atoms with Crippen LogP contribution in [0.3, 0.4) is 0 Å². The van der Waals surface area contributed by atoms with Crippen LogP contribution in [0.4, 0.5) is 14.9 Å². The van der Waals surface area contributed by atoms with Crippen LogP contribution in [0.25, 0.3) is 0 Å². The Hall–Kier alpha value is -2.11. The molecule has 5 nitrogen and oxygen atoms in total. The van der Waals surface area contributed by atoms with Gasteiger partial charge in [0.15, 0.2) is 5.82 Å². The number of primary amides is 1. The van der Waals surface area contributed by atoms with Gasteiger partial charge >= 0.3 is 6.09 Å². The Morgan fingerprint density at radius 3 is 2.59 bits per heavy atom. The van der Waals surface area contributed by atoms with E-state index in [1.54, 1.807) is 13.8 Å². The Morgan fingerprint density at radius 1 is 1.41 bits per heavy atom. The van der Waals surface area contributed by atoms with Crippen molar-refractivity contribution in [2.24, 2.45) is 5.73 Å². The van der Waals surface area contributed by atoms with Crippen molar-refractivity contribution in [2.45, 2.75) is 20.0 Å². The number of hydrogen-bond acceptors (Lipinski definition) is 3. The fourth-order valence-electron chi connectivity index (χ4n) is 1.17. The van der Waals surface area contributed by atoms with Crippen molar-refractivity contribution in [1.29, 1.82) is 0 Å². The molecule has 0 aliphatic carbocycles. The maximum Gasteiger partial charge on any atom is 0.411 e. The third-order valence-electron chi connectivity index (χ3n) is 1.84. The molecule has 1 aromatic rings. The molecular formula is C11H13FN2O3. The summed E-state index contributed by atoms with van der Waals surface area (Å²) in [6.45, 7) is 3.32. The maximum absolute atomic E-state index is 13.6. The summed E-state index contributed by atoms with van der Waals surface area (Å²) < 4.78 is 18.4. The van der Waals surface area contributed by atoms with Crippen LogP contribution < -0.4 is 11.1 Å². The normalized spacial score (nSPS) is 10.1. The lowest BCUT2D eigenvalue weighted by molar-refractivity contribution is 0.0996. The summed E-state index contributed by atoms with van der Waals surface area (Å²) in [5.74, 6) is -1.77. The average molecular weight is 240 g/mol. The van der Waals surface area contributed by atoms with Crippen molar-refractivity contribution >= 4 is 17.7 Å². The first-order chi connectivity index (χ1) is 7.91. The molecule has 2 amide bonds. The largest absolute Gasteiger partial charge is 0.447 e. The Bertz CT molecular complexity index is 446. The molecule has 0 spiro atoms. The van der Waals surface area contributed by atoms with E-state index < -0.39 is 17.8 Å². The highest BCUT2D eigenvalue weighted by Crippen LogP contribution is 2.17. The van der Waals surface area contributed by atoms with Crippen LogP contribution in [-0.2, 0) is 4.74 Å². The zero-order valence-electron chi connectivity index (χ0n) is 9.49. The van der Waals surface area contributed by atoms with Crippen molar-refractivity contribution in [3.05, 3.63) is 29.6 Å². The number of hydrogen-bond donors (Lipinski definition) is 2. The maximum atomic E-state index is 13.6. The number of nitrogens with one attached hydrogen (secondary N) is 1. The lowest BCUT2D eigenvalue weighted by atomic mass is 10.2. The van der Waals surface area contributed by atoms with Crippen LogP contribution in [0.15, 0.2) is 18.2 Å². The number of halogens is 1. The fraction of sp³-hybridized carbons (Fsp3) is 0.273. The van der Waals surface area contributed by atoms with E-state index in [-0.39, 0.29) is 17.4 Å². The van der Waals surface area contributed by atoms with Gasteiger partial charge in [0.05, 0.1) is 17.4 Å². The minimum atomic E-state index is -0.900. The molecule has 0 heterocycles. The van der Waals surface area contributed by atoms with Crippen LogP contribution in [-0.4, -0.2) is 18.1 Å². The SMILES string of the molecule is CC(C)OC(=O)Nc1cccc(C(N)=O)c1F. The van der Waals surface area contributed by atoms with E-state index in [0.29, 0.717) is 0 Å². The summed E-state index contributed by atoms with van der Waals surface area (Å²) in [6.07, 6.45) is -1.11. The third kappa shape index (κ3) is 3.44. The first-order valence-corrected chi connectivity index (χ1v) is 4.97. The average Bonchev–Trinajstić information content (AvgIpc) is 2.19. The molecule has 0 bridgehead atoms. The first kappa shape index (κ1) is 13.0. The Balaban J connectivity index is 2.89. The number of anilines is 1. The van der Waals surface area contributed by atoms with Gasteiger partial charge in [-0.15, -0.1) is 0 Å². The second-order valence-corrected chi connectivity index (χ2v) is 3.61. The molecule has 1 aromatic carbocycles. The van der Waals surface area contributed by atoms with Crippen LogP contribution in [0.5, 0.6) is 0 Å². The third-order valence-corrected chi connectivity index (χ3v) is 1.84. The highest BCUT2D eigenvalue weighted by Gasteiger charge is 2.14. The molecule has 0 aliphatic rings. The fourth-order valence-corrected chi connectivity index (χ4v) is 1.17. The van der Waals surface area contributed by atoms with E-state index in [2.05, 4.69) is 5.32 Å². The zero-order chi connectivity index (χ0) is 13.0. The second-order valence-electron chi connectivity index (χ2n) is 3.61. The molecule has 0 unspecified atom stereocenters. The van der Waals surface area contributed by atoms with Gasteiger partial charge in [0, 0.05) is 0 Å². The predicted octanol–water partition coefficient (Wildman–Crippen LogP) is 1.88. The molecule has 6 heteroatoms. The standard InChI is InChI=1S/C11H13FN2O3/c1-6(2)17-11(16)14-8-5-3-4-7(9(8)12)10(13)15/h3-6H,1-2H3,(H2,13,15)(H,14,16). The molecule has 1 rings (SSSR count). The van der Waals surface area contributed by atoms with E-state index in [4.69, 9.17) is 10.5 Å². The van der Waals surface area contributed by atoms with Crippen molar-refractivity contribution < 1.29 is 18.7 Å². The second kappa shape index (κ2) is 5.29. The molecule has 0 saturated heterocycles. The van der Waals surface area contributed by atoms with Gasteiger partial charge in [-0.25, -0.2) is 9.18 Å². The number of carbonyl (C=O) groups is 2. The van der Waals surface area contributed by atoms with Gasteiger partial charge in [0.2, 0.25) is 0 Å². The topological polar surface area (TPSA) is 81.4 Å². The highest BCUT2D eigenvalue weighted by atomic mass is 19.1. The lowest BCUT2D eigenvalue weighted by Gasteiger charge is -2.10. The molecule has 0 fully saturated rings. The lowest BCUT2D eigenvalue weighted by Crippen LogP contribution is -2.20. The molecule has 0 atom stereocenters. The first-order valence-electron chi connectivity index (χ1n) is 4.97. The van der Waals surface area contributed by atoms with Gasteiger partial charge in [-0.2, -0.15) is 0 Å². The highest BCUT2D eigenvalue weighted by molar-refractivity contribution is 5.95. The number of nitrogens with two attached hydrogens (primary N) is 1. The van der Waals surface area contributed by atoms with E-state index >= 15 is 0 Å². The van der Waals surface area contributed by atoms with Crippen molar-refractivity contribution in [1.82, 2.24) is 0 Å². The molecule has 92 valence electrons. The minimum Gasteiger partial charge on any atom is -0.447 e.